The summed E-state index contributed by atoms with van der Waals surface area (Å²) in [4.78, 5) is 18.9. The molecule has 1 heterocycles. The summed E-state index contributed by atoms with van der Waals surface area (Å²) < 4.78 is 64.7. The minimum absolute atomic E-state index is 0.0351. The zero-order chi connectivity index (χ0) is 23.7. The van der Waals surface area contributed by atoms with Crippen molar-refractivity contribution in [3.63, 3.8) is 0 Å². The van der Waals surface area contributed by atoms with E-state index in [4.69, 9.17) is 0 Å². The number of hydrogen-bond acceptors (Lipinski definition) is 5. The Kier molecular flexibility index (Phi) is 7.01. The van der Waals surface area contributed by atoms with Gasteiger partial charge in [-0.2, -0.15) is 13.2 Å². The summed E-state index contributed by atoms with van der Waals surface area (Å²) >= 11 is 1.35. The fraction of sp³-hybridized carbons (Fsp3) is 0.333. The largest absolute Gasteiger partial charge is 0.416 e. The lowest BCUT2D eigenvalue weighted by Crippen LogP contribution is -2.33. The van der Waals surface area contributed by atoms with Crippen molar-refractivity contribution in [2.45, 2.75) is 29.7 Å². The summed E-state index contributed by atoms with van der Waals surface area (Å²) in [5, 5.41) is 0.418. The Labute approximate surface area is 189 Å². The second-order valence-corrected chi connectivity index (χ2v) is 11.0. The summed E-state index contributed by atoms with van der Waals surface area (Å²) in [6.45, 7) is 2.27. The van der Waals surface area contributed by atoms with E-state index >= 15 is 0 Å². The first kappa shape index (κ1) is 24.3. The van der Waals surface area contributed by atoms with Crippen molar-refractivity contribution in [3.8, 4) is 0 Å². The number of nitrogens with zero attached hydrogens (tertiary/aromatic N) is 3. The maximum atomic E-state index is 13.0. The molecule has 1 fully saturated rings. The van der Waals surface area contributed by atoms with E-state index in [0.29, 0.717) is 17.4 Å². The van der Waals surface area contributed by atoms with Crippen molar-refractivity contribution in [2.24, 2.45) is 4.99 Å². The average molecular weight is 486 g/mol. The highest BCUT2D eigenvalue weighted by Crippen LogP contribution is 2.31. The number of amides is 1. The zero-order valence-electron chi connectivity index (χ0n) is 17.6. The second-order valence-electron chi connectivity index (χ2n) is 7.49. The molecule has 0 N–H and O–H groups in total. The number of alkyl halides is 3. The number of amidine groups is 1. The number of carbonyl (C=O) groups is 1. The predicted molar refractivity (Wildman–Crippen MR) is 118 cm³/mol. The molecule has 1 unspecified atom stereocenters. The summed E-state index contributed by atoms with van der Waals surface area (Å²) in [5.74, 6) is -0.378. The van der Waals surface area contributed by atoms with Crippen LogP contribution in [0.2, 0.25) is 0 Å². The van der Waals surface area contributed by atoms with Crippen LogP contribution in [-0.2, 0) is 27.4 Å². The molecule has 11 heteroatoms. The molecule has 3 rings (SSSR count). The fourth-order valence-electron chi connectivity index (χ4n) is 3.07. The van der Waals surface area contributed by atoms with Gasteiger partial charge in [0.2, 0.25) is 15.9 Å². The minimum atomic E-state index is -4.48. The number of halogens is 3. The van der Waals surface area contributed by atoms with Crippen LogP contribution in [0, 0.1) is 0 Å². The summed E-state index contributed by atoms with van der Waals surface area (Å²) in [6, 6.07) is 10.8. The van der Waals surface area contributed by atoms with Gasteiger partial charge in [0, 0.05) is 25.9 Å². The number of carbonyl (C=O) groups excluding carboxylic acids is 1. The number of aliphatic imine (C=N–C) groups is 1. The maximum Gasteiger partial charge on any atom is 0.416 e. The van der Waals surface area contributed by atoms with Gasteiger partial charge in [-0.15, -0.1) is 0 Å². The van der Waals surface area contributed by atoms with Crippen LogP contribution in [0.1, 0.15) is 18.1 Å². The molecule has 0 spiro atoms. The molecule has 1 aliphatic heterocycles. The topological polar surface area (TPSA) is 70.0 Å². The molecule has 0 saturated carbocycles. The summed E-state index contributed by atoms with van der Waals surface area (Å²) in [5.41, 5.74) is -0.186. The molecule has 0 aromatic heterocycles. The molecule has 1 aliphatic rings. The number of sulfonamides is 1. The van der Waals surface area contributed by atoms with Crippen molar-refractivity contribution in [2.75, 3.05) is 20.6 Å². The molecule has 172 valence electrons. The highest BCUT2D eigenvalue weighted by atomic mass is 32.2. The molecule has 0 radical (unpaired) electrons. The van der Waals surface area contributed by atoms with E-state index in [1.165, 1.54) is 55.0 Å². The molecule has 1 atom stereocenters. The van der Waals surface area contributed by atoms with Gasteiger partial charge in [-0.25, -0.2) is 17.7 Å². The fourth-order valence-corrected chi connectivity index (χ4v) is 5.06. The van der Waals surface area contributed by atoms with E-state index in [0.717, 1.165) is 16.4 Å². The molecule has 2 aromatic carbocycles. The third-order valence-corrected chi connectivity index (χ3v) is 7.59. The molecule has 1 amide bonds. The van der Waals surface area contributed by atoms with Crippen molar-refractivity contribution in [3.05, 3.63) is 59.7 Å². The van der Waals surface area contributed by atoms with Gasteiger partial charge in [-0.1, -0.05) is 43.0 Å². The van der Waals surface area contributed by atoms with Gasteiger partial charge in [0.25, 0.3) is 0 Å². The van der Waals surface area contributed by atoms with E-state index in [2.05, 4.69) is 4.99 Å². The third kappa shape index (κ3) is 5.51. The van der Waals surface area contributed by atoms with Crippen LogP contribution in [0.4, 0.5) is 18.9 Å². The lowest BCUT2D eigenvalue weighted by Gasteiger charge is -2.17. The summed E-state index contributed by atoms with van der Waals surface area (Å²) in [6.07, 6.45) is -4.69. The lowest BCUT2D eigenvalue weighted by molar-refractivity contribution is -0.137. The van der Waals surface area contributed by atoms with Gasteiger partial charge in [0.05, 0.1) is 22.6 Å². The molecule has 32 heavy (non-hydrogen) atoms. The van der Waals surface area contributed by atoms with Gasteiger partial charge < -0.3 is 0 Å². The van der Waals surface area contributed by atoms with Crippen molar-refractivity contribution in [1.82, 2.24) is 9.21 Å². The van der Waals surface area contributed by atoms with Gasteiger partial charge >= 0.3 is 6.18 Å². The van der Waals surface area contributed by atoms with E-state index in [9.17, 15) is 26.4 Å². The third-order valence-electron chi connectivity index (χ3n) is 4.71. The van der Waals surface area contributed by atoms with Crippen molar-refractivity contribution in [1.29, 1.82) is 0 Å². The van der Waals surface area contributed by atoms with Crippen LogP contribution in [0.5, 0.6) is 0 Å². The molecule has 6 nitrogen and oxygen atoms in total. The number of hydrogen-bond donors (Lipinski definition) is 0. The number of thioether (sulfide) groups is 1. The van der Waals surface area contributed by atoms with Gasteiger partial charge in [-0.3, -0.25) is 9.69 Å². The number of benzene rings is 2. The highest BCUT2D eigenvalue weighted by Gasteiger charge is 2.33. The smallest absolute Gasteiger partial charge is 0.290 e. The highest BCUT2D eigenvalue weighted by molar-refractivity contribution is 8.14. The van der Waals surface area contributed by atoms with Gasteiger partial charge in [-0.05, 0) is 29.8 Å². The first-order valence-electron chi connectivity index (χ1n) is 9.62. The first-order chi connectivity index (χ1) is 14.9. The van der Waals surface area contributed by atoms with Crippen molar-refractivity contribution >= 4 is 38.5 Å². The zero-order valence-corrected chi connectivity index (χ0v) is 19.3. The van der Waals surface area contributed by atoms with E-state index < -0.39 is 21.8 Å². The quantitative estimate of drug-likeness (QED) is 0.638. The summed E-state index contributed by atoms with van der Waals surface area (Å²) in [7, 11) is -0.791. The Morgan fingerprint density at radius 1 is 1.19 bits per heavy atom. The Morgan fingerprint density at radius 3 is 2.53 bits per heavy atom. The van der Waals surface area contributed by atoms with E-state index in [-0.39, 0.29) is 28.0 Å². The first-order valence-corrected chi connectivity index (χ1v) is 11.9. The van der Waals surface area contributed by atoms with Crippen LogP contribution in [0.15, 0.2) is 58.4 Å². The SMILES string of the molecule is CC1CN(C(=O)Cc2cccc(C(F)(F)F)c2)C(=Nc2cccc(S(=O)(=O)N(C)C)c2)S1. The van der Waals surface area contributed by atoms with E-state index in [1.54, 1.807) is 12.1 Å². The van der Waals surface area contributed by atoms with Gasteiger partial charge in [0.15, 0.2) is 5.17 Å². The van der Waals surface area contributed by atoms with E-state index in [1.807, 2.05) is 6.92 Å². The Bertz CT molecular complexity index is 1150. The minimum Gasteiger partial charge on any atom is -0.290 e. The molecule has 1 saturated heterocycles. The monoisotopic (exact) mass is 485 g/mol. The predicted octanol–water partition coefficient (Wildman–Crippen LogP) is 4.15. The normalized spacial score (nSPS) is 18.5. The molecular formula is C21H22F3N3O3S2. The van der Waals surface area contributed by atoms with Crippen LogP contribution in [-0.4, -0.2) is 54.6 Å². The van der Waals surface area contributed by atoms with Gasteiger partial charge in [0.1, 0.15) is 0 Å². The van der Waals surface area contributed by atoms with Crippen LogP contribution >= 0.6 is 11.8 Å². The van der Waals surface area contributed by atoms with Crippen LogP contribution in [0.3, 0.4) is 0 Å². The van der Waals surface area contributed by atoms with Crippen LogP contribution < -0.4 is 0 Å². The lowest BCUT2D eigenvalue weighted by atomic mass is 10.1. The average Bonchev–Trinajstić information content (AvgIpc) is 3.08. The Balaban J connectivity index is 1.86. The maximum absolute atomic E-state index is 13.0. The molecule has 0 aliphatic carbocycles. The number of rotatable bonds is 5. The van der Waals surface area contributed by atoms with Crippen LogP contribution in [0.25, 0.3) is 0 Å². The molecular weight excluding hydrogens is 463 g/mol. The Hall–Kier alpha value is -2.37. The van der Waals surface area contributed by atoms with Crippen molar-refractivity contribution < 1.29 is 26.4 Å². The molecule has 0 bridgehead atoms. The second kappa shape index (κ2) is 9.24. The molecule has 2 aromatic rings. The Morgan fingerprint density at radius 2 is 1.88 bits per heavy atom. The standard InChI is InChI=1S/C21H22F3N3O3S2/c1-14-13-27(19(28)11-15-6-4-7-16(10-15)21(22,23)24)20(31-14)25-17-8-5-9-18(12-17)32(29,30)26(2)3/h4-10,12,14H,11,13H2,1-3H3.